The summed E-state index contributed by atoms with van der Waals surface area (Å²) in [5.41, 5.74) is 0.122. The summed E-state index contributed by atoms with van der Waals surface area (Å²) in [6.07, 6.45) is 0. The summed E-state index contributed by atoms with van der Waals surface area (Å²) in [5.74, 6) is -0.634. The molecule has 20 heavy (non-hydrogen) atoms. The summed E-state index contributed by atoms with van der Waals surface area (Å²) in [5, 5.41) is 9.67. The number of benzene rings is 1. The van der Waals surface area contributed by atoms with E-state index in [2.05, 4.69) is 4.72 Å². The van der Waals surface area contributed by atoms with E-state index in [1.54, 1.807) is 12.1 Å². The molecule has 0 heterocycles. The average molecular weight is 291 g/mol. The molecule has 0 aliphatic rings. The van der Waals surface area contributed by atoms with Crippen LogP contribution in [0.25, 0.3) is 0 Å². The molecule has 0 unspecified atom stereocenters. The Morgan fingerprint density at radius 1 is 1.00 bits per heavy atom. The van der Waals surface area contributed by atoms with Crippen molar-refractivity contribution in [3.8, 4) is 5.75 Å². The van der Waals surface area contributed by atoms with Crippen LogP contribution in [-0.4, -0.2) is 13.5 Å². The van der Waals surface area contributed by atoms with Crippen molar-refractivity contribution in [2.45, 2.75) is 11.8 Å². The van der Waals surface area contributed by atoms with Crippen LogP contribution in [0, 0.1) is 6.92 Å². The van der Waals surface area contributed by atoms with Gasteiger partial charge >= 0.3 is 0 Å². The van der Waals surface area contributed by atoms with Crippen LogP contribution in [0.2, 0.25) is 0 Å². The number of aryl methyl sites for hydroxylation is 1. The van der Waals surface area contributed by atoms with Crippen molar-refractivity contribution in [2.24, 2.45) is 0 Å². The van der Waals surface area contributed by atoms with E-state index in [4.69, 9.17) is 0 Å². The molecule has 0 spiro atoms. The third-order valence-corrected chi connectivity index (χ3v) is 4.07. The number of hydrogen-bond acceptors (Lipinski definition) is 4. The molecule has 0 saturated carbocycles. The van der Waals surface area contributed by atoms with Crippen LogP contribution in [0.5, 0.6) is 5.75 Å². The van der Waals surface area contributed by atoms with Gasteiger partial charge in [0.25, 0.3) is 10.0 Å². The van der Waals surface area contributed by atoms with Crippen LogP contribution in [0.1, 0.15) is 5.56 Å². The molecule has 2 N–H and O–H groups in total. The molecule has 0 aliphatic heterocycles. The Kier molecular flexibility index (Phi) is 3.76. The van der Waals surface area contributed by atoms with Gasteiger partial charge in [-0.15, -0.1) is 0 Å². The van der Waals surface area contributed by atoms with Crippen molar-refractivity contribution in [3.63, 3.8) is 0 Å². The van der Waals surface area contributed by atoms with E-state index in [1.807, 2.05) is 6.92 Å². The Balaban J connectivity index is 2.44. The predicted molar refractivity (Wildman–Crippen MR) is 76.4 cm³/mol. The topological polar surface area (TPSA) is 83.5 Å². The van der Waals surface area contributed by atoms with Gasteiger partial charge < -0.3 is 5.11 Å². The van der Waals surface area contributed by atoms with Crippen molar-refractivity contribution in [2.75, 3.05) is 4.72 Å². The zero-order chi connectivity index (χ0) is 14.8. The van der Waals surface area contributed by atoms with Gasteiger partial charge in [-0.25, -0.2) is 8.42 Å². The molecule has 0 aliphatic carbocycles. The van der Waals surface area contributed by atoms with Gasteiger partial charge in [-0.3, -0.25) is 9.52 Å². The van der Waals surface area contributed by atoms with E-state index in [-0.39, 0.29) is 10.6 Å². The highest BCUT2D eigenvalue weighted by Crippen LogP contribution is 2.21. The second-order valence-electron chi connectivity index (χ2n) is 4.26. The van der Waals surface area contributed by atoms with Gasteiger partial charge in [-0.05, 0) is 31.2 Å². The first-order valence-corrected chi connectivity index (χ1v) is 7.30. The normalized spacial score (nSPS) is 11.1. The molecule has 0 saturated heterocycles. The van der Waals surface area contributed by atoms with E-state index >= 15 is 0 Å². The number of nitrogens with one attached hydrogen (secondary N) is 1. The quantitative estimate of drug-likeness (QED) is 0.904. The molecule has 5 nitrogen and oxygen atoms in total. The molecule has 0 aromatic heterocycles. The number of anilines is 1. The number of hydrogen-bond donors (Lipinski definition) is 2. The summed E-state index contributed by atoms with van der Waals surface area (Å²) in [6.45, 7) is 1.84. The second kappa shape index (κ2) is 5.34. The first-order chi connectivity index (χ1) is 9.40. The van der Waals surface area contributed by atoms with E-state index in [1.165, 1.54) is 30.3 Å². The predicted octanol–water partition coefficient (Wildman–Crippen LogP) is 1.86. The number of sulfonamides is 1. The summed E-state index contributed by atoms with van der Waals surface area (Å²) in [4.78, 5) is 11.5. The summed E-state index contributed by atoms with van der Waals surface area (Å²) in [6, 6.07) is 11.6. The minimum atomic E-state index is -3.85. The Morgan fingerprint density at radius 2 is 1.60 bits per heavy atom. The molecule has 0 atom stereocenters. The van der Waals surface area contributed by atoms with Crippen LogP contribution >= 0.6 is 0 Å². The molecule has 104 valence electrons. The maximum atomic E-state index is 12.2. The van der Waals surface area contributed by atoms with Crippen LogP contribution in [0.15, 0.2) is 58.2 Å². The Hall–Kier alpha value is -2.34. The fourth-order valence-electron chi connectivity index (χ4n) is 1.59. The number of rotatable bonds is 3. The molecule has 0 fully saturated rings. The molecule has 6 heteroatoms. The lowest BCUT2D eigenvalue weighted by molar-refractivity contribution is 0.473. The van der Waals surface area contributed by atoms with Gasteiger partial charge in [-0.2, -0.15) is 0 Å². The lowest BCUT2D eigenvalue weighted by Crippen LogP contribution is -2.13. The molecule has 2 aromatic carbocycles. The third kappa shape index (κ3) is 2.97. The van der Waals surface area contributed by atoms with E-state index in [0.29, 0.717) is 0 Å². The number of aromatic hydroxyl groups is 1. The molecular weight excluding hydrogens is 278 g/mol. The van der Waals surface area contributed by atoms with Gasteiger partial charge in [-0.1, -0.05) is 29.8 Å². The van der Waals surface area contributed by atoms with Gasteiger partial charge in [0.1, 0.15) is 0 Å². The maximum absolute atomic E-state index is 12.2. The SMILES string of the molecule is Cc1ccc(S(=O)(=O)Nc2ccccc(=O)c2O)cc1. The van der Waals surface area contributed by atoms with Crippen LogP contribution in [0.4, 0.5) is 5.69 Å². The van der Waals surface area contributed by atoms with Gasteiger partial charge in [0.2, 0.25) is 5.43 Å². The van der Waals surface area contributed by atoms with E-state index in [0.717, 1.165) is 11.6 Å². The van der Waals surface area contributed by atoms with E-state index in [9.17, 15) is 18.3 Å². The highest BCUT2D eigenvalue weighted by Gasteiger charge is 2.16. The fraction of sp³-hybridized carbons (Fsp3) is 0.0714. The van der Waals surface area contributed by atoms with Crippen LogP contribution in [-0.2, 0) is 10.0 Å². The average Bonchev–Trinajstić information content (AvgIpc) is 2.55. The summed E-state index contributed by atoms with van der Waals surface area (Å²) >= 11 is 0. The molecule has 0 amide bonds. The first-order valence-electron chi connectivity index (χ1n) is 5.82. The minimum Gasteiger partial charge on any atom is -0.503 e. The molecule has 2 aromatic rings. The molecule has 0 bridgehead atoms. The van der Waals surface area contributed by atoms with Gasteiger partial charge in [0.05, 0.1) is 10.6 Å². The minimum absolute atomic E-state index is 0.0569. The summed E-state index contributed by atoms with van der Waals surface area (Å²) < 4.78 is 26.5. The van der Waals surface area contributed by atoms with Gasteiger partial charge in [0.15, 0.2) is 5.75 Å². The monoisotopic (exact) mass is 291 g/mol. The second-order valence-corrected chi connectivity index (χ2v) is 5.95. The van der Waals surface area contributed by atoms with Crippen LogP contribution < -0.4 is 10.2 Å². The molecular formula is C14H13NO4S. The van der Waals surface area contributed by atoms with Crippen molar-refractivity contribution >= 4 is 15.7 Å². The van der Waals surface area contributed by atoms with Crippen molar-refractivity contribution in [1.29, 1.82) is 0 Å². The zero-order valence-corrected chi connectivity index (χ0v) is 11.5. The standard InChI is InChI=1S/C14H13NO4S/c1-10-6-8-11(9-7-10)20(18,19)15-12-4-2-3-5-13(16)14(12)17/h2-9H,1H3,(H2,15,16,17). The van der Waals surface area contributed by atoms with E-state index < -0.39 is 21.2 Å². The largest absolute Gasteiger partial charge is 0.503 e. The van der Waals surface area contributed by atoms with Crippen LogP contribution in [0.3, 0.4) is 0 Å². The Bertz CT molecular complexity index is 783. The van der Waals surface area contributed by atoms with Gasteiger partial charge in [0, 0.05) is 0 Å². The fourth-order valence-corrected chi connectivity index (χ4v) is 2.66. The van der Waals surface area contributed by atoms with Crippen molar-refractivity contribution in [3.05, 3.63) is 64.3 Å². The smallest absolute Gasteiger partial charge is 0.262 e. The molecule has 2 rings (SSSR count). The summed E-state index contributed by atoms with van der Waals surface area (Å²) in [7, 11) is -3.85. The lowest BCUT2D eigenvalue weighted by Gasteiger charge is -2.08. The van der Waals surface area contributed by atoms with Crippen molar-refractivity contribution in [1.82, 2.24) is 0 Å². The zero-order valence-electron chi connectivity index (χ0n) is 10.7. The Labute approximate surface area is 116 Å². The Morgan fingerprint density at radius 3 is 2.25 bits per heavy atom. The highest BCUT2D eigenvalue weighted by atomic mass is 32.2. The van der Waals surface area contributed by atoms with Crippen molar-refractivity contribution < 1.29 is 13.5 Å². The maximum Gasteiger partial charge on any atom is 0.262 e. The highest BCUT2D eigenvalue weighted by molar-refractivity contribution is 7.92. The molecule has 0 radical (unpaired) electrons. The lowest BCUT2D eigenvalue weighted by atomic mass is 10.2. The first kappa shape index (κ1) is 14.1. The third-order valence-electron chi connectivity index (χ3n) is 2.69.